The lowest BCUT2D eigenvalue weighted by molar-refractivity contribution is 0.594. The van der Waals surface area contributed by atoms with Crippen LogP contribution in [0.25, 0.3) is 0 Å². The Bertz CT molecular complexity index is 332. The van der Waals surface area contributed by atoms with Crippen molar-refractivity contribution in [3.05, 3.63) is 36.2 Å². The number of nitrogens with one attached hydrogen (secondary N) is 1. The molecule has 88 valence electrons. The number of pyridine rings is 1. The minimum absolute atomic E-state index is 0.558. The topological polar surface area (TPSA) is 50.9 Å². The SMILES string of the molecule is CC(C)NCCC=CCc1cnccc1N. The van der Waals surface area contributed by atoms with Gasteiger partial charge in [-0.25, -0.2) is 0 Å². The summed E-state index contributed by atoms with van der Waals surface area (Å²) in [5.74, 6) is 0. The van der Waals surface area contributed by atoms with E-state index in [-0.39, 0.29) is 0 Å². The highest BCUT2D eigenvalue weighted by atomic mass is 14.9. The molecule has 3 nitrogen and oxygen atoms in total. The Balaban J connectivity index is 2.24. The van der Waals surface area contributed by atoms with Gasteiger partial charge < -0.3 is 11.1 Å². The summed E-state index contributed by atoms with van der Waals surface area (Å²) in [4.78, 5) is 4.06. The molecule has 1 rings (SSSR count). The maximum atomic E-state index is 5.81. The number of aromatic nitrogens is 1. The minimum Gasteiger partial charge on any atom is -0.398 e. The monoisotopic (exact) mass is 219 g/mol. The molecule has 1 aromatic heterocycles. The van der Waals surface area contributed by atoms with E-state index in [1.54, 1.807) is 6.20 Å². The van der Waals surface area contributed by atoms with Gasteiger partial charge in [0.2, 0.25) is 0 Å². The average Bonchev–Trinajstić information content (AvgIpc) is 2.25. The Morgan fingerprint density at radius 2 is 2.25 bits per heavy atom. The lowest BCUT2D eigenvalue weighted by atomic mass is 10.1. The van der Waals surface area contributed by atoms with Gasteiger partial charge in [-0.3, -0.25) is 4.98 Å². The van der Waals surface area contributed by atoms with Gasteiger partial charge in [-0.1, -0.05) is 26.0 Å². The quantitative estimate of drug-likeness (QED) is 0.569. The summed E-state index contributed by atoms with van der Waals surface area (Å²) < 4.78 is 0. The van der Waals surface area contributed by atoms with Crippen LogP contribution in [-0.2, 0) is 6.42 Å². The third kappa shape index (κ3) is 4.94. The summed E-state index contributed by atoms with van der Waals surface area (Å²) in [6.45, 7) is 5.33. The van der Waals surface area contributed by atoms with Crippen molar-refractivity contribution in [2.75, 3.05) is 12.3 Å². The van der Waals surface area contributed by atoms with Gasteiger partial charge >= 0.3 is 0 Å². The number of allylic oxidation sites excluding steroid dienone is 1. The number of nitrogens with two attached hydrogens (primary N) is 1. The highest BCUT2D eigenvalue weighted by Gasteiger charge is 1.94. The van der Waals surface area contributed by atoms with Crippen LogP contribution in [0.1, 0.15) is 25.8 Å². The van der Waals surface area contributed by atoms with Gasteiger partial charge in [0.05, 0.1) is 0 Å². The smallest absolute Gasteiger partial charge is 0.0380 e. The van der Waals surface area contributed by atoms with Crippen LogP contribution in [0.3, 0.4) is 0 Å². The van der Waals surface area contributed by atoms with E-state index in [2.05, 4.69) is 36.3 Å². The van der Waals surface area contributed by atoms with Gasteiger partial charge in [-0.05, 0) is 31.0 Å². The van der Waals surface area contributed by atoms with E-state index >= 15 is 0 Å². The van der Waals surface area contributed by atoms with Crippen LogP contribution < -0.4 is 11.1 Å². The molecule has 0 aliphatic carbocycles. The van der Waals surface area contributed by atoms with Gasteiger partial charge in [0.1, 0.15) is 0 Å². The van der Waals surface area contributed by atoms with Crippen molar-refractivity contribution >= 4 is 5.69 Å². The first kappa shape index (κ1) is 12.7. The van der Waals surface area contributed by atoms with Gasteiger partial charge in [0, 0.05) is 24.1 Å². The van der Waals surface area contributed by atoms with Crippen LogP contribution in [0.2, 0.25) is 0 Å². The summed E-state index contributed by atoms with van der Waals surface area (Å²) in [6.07, 6.45) is 9.79. The molecule has 0 aliphatic heterocycles. The first-order valence-corrected chi connectivity index (χ1v) is 5.77. The second kappa shape index (κ2) is 7.01. The Kier molecular flexibility index (Phi) is 5.57. The first-order valence-electron chi connectivity index (χ1n) is 5.77. The van der Waals surface area contributed by atoms with E-state index in [1.807, 2.05) is 12.3 Å². The van der Waals surface area contributed by atoms with E-state index in [4.69, 9.17) is 5.73 Å². The van der Waals surface area contributed by atoms with Gasteiger partial charge in [-0.15, -0.1) is 0 Å². The van der Waals surface area contributed by atoms with Gasteiger partial charge in [-0.2, -0.15) is 0 Å². The molecule has 0 fully saturated rings. The zero-order chi connectivity index (χ0) is 11.8. The second-order valence-electron chi connectivity index (χ2n) is 4.15. The van der Waals surface area contributed by atoms with E-state index in [0.717, 1.165) is 30.6 Å². The fraction of sp³-hybridized carbons (Fsp3) is 0.462. The largest absolute Gasteiger partial charge is 0.398 e. The molecule has 0 aromatic carbocycles. The van der Waals surface area contributed by atoms with E-state index < -0.39 is 0 Å². The van der Waals surface area contributed by atoms with Crippen LogP contribution in [-0.4, -0.2) is 17.6 Å². The molecule has 0 radical (unpaired) electrons. The highest BCUT2D eigenvalue weighted by Crippen LogP contribution is 2.09. The summed E-state index contributed by atoms with van der Waals surface area (Å²) in [5, 5.41) is 3.37. The molecule has 0 atom stereocenters. The van der Waals surface area contributed by atoms with Crippen molar-refractivity contribution in [1.29, 1.82) is 0 Å². The molecule has 1 aromatic rings. The van der Waals surface area contributed by atoms with Gasteiger partial charge in [0.15, 0.2) is 0 Å². The molecule has 0 saturated carbocycles. The van der Waals surface area contributed by atoms with Gasteiger partial charge in [0.25, 0.3) is 0 Å². The fourth-order valence-electron chi connectivity index (χ4n) is 1.39. The predicted octanol–water partition coefficient (Wildman–Crippen LogP) is 2.15. The molecular weight excluding hydrogens is 198 g/mol. The predicted molar refractivity (Wildman–Crippen MR) is 69.2 cm³/mol. The number of rotatable bonds is 6. The Labute approximate surface area is 97.8 Å². The Morgan fingerprint density at radius 3 is 2.94 bits per heavy atom. The highest BCUT2D eigenvalue weighted by molar-refractivity contribution is 5.45. The summed E-state index contributed by atoms with van der Waals surface area (Å²) in [7, 11) is 0. The number of hydrogen-bond donors (Lipinski definition) is 2. The standard InChI is InChI=1S/C13H21N3/c1-11(2)16-8-5-3-4-6-12-10-15-9-7-13(12)14/h3-4,7,9-11,16H,5-6,8H2,1-2H3,(H2,14,15). The zero-order valence-corrected chi connectivity index (χ0v) is 10.1. The minimum atomic E-state index is 0.558. The van der Waals surface area contributed by atoms with Crippen LogP contribution in [0.5, 0.6) is 0 Å². The van der Waals surface area contributed by atoms with Crippen LogP contribution >= 0.6 is 0 Å². The molecule has 0 aliphatic rings. The van der Waals surface area contributed by atoms with Crippen molar-refractivity contribution in [3.8, 4) is 0 Å². The second-order valence-corrected chi connectivity index (χ2v) is 4.15. The van der Waals surface area contributed by atoms with E-state index in [0.29, 0.717) is 6.04 Å². The summed E-state index contributed by atoms with van der Waals surface area (Å²) in [6, 6.07) is 2.39. The fourth-order valence-corrected chi connectivity index (χ4v) is 1.39. The first-order chi connectivity index (χ1) is 7.70. The lowest BCUT2D eigenvalue weighted by Crippen LogP contribution is -2.23. The lowest BCUT2D eigenvalue weighted by Gasteiger charge is -2.05. The molecule has 3 N–H and O–H groups in total. The van der Waals surface area contributed by atoms with Crippen molar-refractivity contribution in [2.45, 2.75) is 32.7 Å². The van der Waals surface area contributed by atoms with Crippen molar-refractivity contribution < 1.29 is 0 Å². The third-order valence-corrected chi connectivity index (χ3v) is 2.31. The maximum absolute atomic E-state index is 5.81. The molecular formula is C13H21N3. The molecule has 1 heterocycles. The number of nitrogen functional groups attached to an aromatic ring is 1. The normalized spacial score (nSPS) is 11.4. The van der Waals surface area contributed by atoms with Crippen molar-refractivity contribution in [3.63, 3.8) is 0 Å². The van der Waals surface area contributed by atoms with E-state index in [9.17, 15) is 0 Å². The van der Waals surface area contributed by atoms with E-state index in [1.165, 1.54) is 0 Å². The van der Waals surface area contributed by atoms with Crippen LogP contribution in [0.4, 0.5) is 5.69 Å². The van der Waals surface area contributed by atoms with Crippen LogP contribution in [0.15, 0.2) is 30.6 Å². The Morgan fingerprint density at radius 1 is 1.44 bits per heavy atom. The third-order valence-electron chi connectivity index (χ3n) is 2.31. The van der Waals surface area contributed by atoms with Crippen molar-refractivity contribution in [2.24, 2.45) is 0 Å². The molecule has 0 amide bonds. The maximum Gasteiger partial charge on any atom is 0.0380 e. The number of nitrogens with zero attached hydrogens (tertiary/aromatic N) is 1. The molecule has 16 heavy (non-hydrogen) atoms. The number of anilines is 1. The molecule has 0 unspecified atom stereocenters. The average molecular weight is 219 g/mol. The summed E-state index contributed by atoms with van der Waals surface area (Å²) in [5.41, 5.74) is 7.73. The zero-order valence-electron chi connectivity index (χ0n) is 10.1. The Hall–Kier alpha value is -1.35. The van der Waals surface area contributed by atoms with Crippen molar-refractivity contribution in [1.82, 2.24) is 10.3 Å². The summed E-state index contributed by atoms with van der Waals surface area (Å²) >= 11 is 0. The van der Waals surface area contributed by atoms with Crippen LogP contribution in [0, 0.1) is 0 Å². The molecule has 0 spiro atoms. The molecule has 0 saturated heterocycles. The molecule has 0 bridgehead atoms. The molecule has 3 heteroatoms. The number of hydrogen-bond acceptors (Lipinski definition) is 3.